The second-order valence-electron chi connectivity index (χ2n) is 5.06. The number of para-hydroxylation sites is 1. The molecule has 0 atom stereocenters. The number of hydrogen-bond donors (Lipinski definition) is 2. The average molecular weight is 325 g/mol. The van der Waals surface area contributed by atoms with Gasteiger partial charge in [0, 0.05) is 30.7 Å². The van der Waals surface area contributed by atoms with Crippen LogP contribution in [0.4, 0.5) is 14.9 Å². The van der Waals surface area contributed by atoms with Crippen LogP contribution in [0.3, 0.4) is 0 Å². The largest absolute Gasteiger partial charge is 0.336 e. The van der Waals surface area contributed by atoms with Crippen LogP contribution in [-0.2, 0) is 6.54 Å². The zero-order chi connectivity index (χ0) is 16.8. The first-order valence-electron chi connectivity index (χ1n) is 7.45. The van der Waals surface area contributed by atoms with Gasteiger partial charge in [-0.15, -0.1) is 0 Å². The van der Waals surface area contributed by atoms with Crippen molar-refractivity contribution < 1.29 is 9.18 Å². The fourth-order valence-electron chi connectivity index (χ4n) is 2.18. The normalized spacial score (nSPS) is 10.4. The molecular formula is C17H16FN5O. The van der Waals surface area contributed by atoms with Gasteiger partial charge in [0.05, 0.1) is 17.9 Å². The quantitative estimate of drug-likeness (QED) is 0.757. The molecule has 2 heterocycles. The highest BCUT2D eigenvalue weighted by Gasteiger charge is 2.06. The Morgan fingerprint density at radius 1 is 1.12 bits per heavy atom. The number of urea groups is 1. The summed E-state index contributed by atoms with van der Waals surface area (Å²) in [6, 6.07) is 11.2. The maximum atomic E-state index is 13.4. The lowest BCUT2D eigenvalue weighted by Gasteiger charge is -2.08. The van der Waals surface area contributed by atoms with Crippen LogP contribution in [0.1, 0.15) is 0 Å². The minimum absolute atomic E-state index is 0.147. The van der Waals surface area contributed by atoms with Gasteiger partial charge in [-0.05, 0) is 30.3 Å². The molecule has 0 radical (unpaired) electrons. The van der Waals surface area contributed by atoms with E-state index in [-0.39, 0.29) is 5.69 Å². The molecule has 7 heteroatoms. The van der Waals surface area contributed by atoms with E-state index in [2.05, 4.69) is 20.7 Å². The summed E-state index contributed by atoms with van der Waals surface area (Å²) >= 11 is 0. The van der Waals surface area contributed by atoms with Crippen molar-refractivity contribution in [3.63, 3.8) is 0 Å². The summed E-state index contributed by atoms with van der Waals surface area (Å²) in [5, 5.41) is 9.57. The summed E-state index contributed by atoms with van der Waals surface area (Å²) in [5.74, 6) is -0.471. The smallest absolute Gasteiger partial charge is 0.319 e. The number of hydrogen-bond acceptors (Lipinski definition) is 3. The van der Waals surface area contributed by atoms with Crippen LogP contribution >= 0.6 is 0 Å². The van der Waals surface area contributed by atoms with Crippen molar-refractivity contribution in [1.82, 2.24) is 20.1 Å². The van der Waals surface area contributed by atoms with Gasteiger partial charge in [0.1, 0.15) is 5.82 Å². The van der Waals surface area contributed by atoms with Gasteiger partial charge in [0.15, 0.2) is 0 Å². The Kier molecular flexibility index (Phi) is 4.81. The molecule has 0 saturated carbocycles. The van der Waals surface area contributed by atoms with Gasteiger partial charge in [-0.25, -0.2) is 9.18 Å². The molecule has 3 rings (SSSR count). The number of nitrogens with one attached hydrogen (secondary N) is 2. The molecule has 3 aromatic rings. The van der Waals surface area contributed by atoms with Crippen molar-refractivity contribution >= 4 is 11.7 Å². The Morgan fingerprint density at radius 3 is 2.71 bits per heavy atom. The highest BCUT2D eigenvalue weighted by Crippen LogP contribution is 2.15. The van der Waals surface area contributed by atoms with Crippen molar-refractivity contribution in [2.24, 2.45) is 0 Å². The molecule has 2 N–H and O–H groups in total. The summed E-state index contributed by atoms with van der Waals surface area (Å²) < 4.78 is 15.2. The number of pyridine rings is 1. The zero-order valence-corrected chi connectivity index (χ0v) is 12.8. The minimum atomic E-state index is -0.471. The average Bonchev–Trinajstić information content (AvgIpc) is 3.07. The van der Waals surface area contributed by atoms with Crippen molar-refractivity contribution in [2.45, 2.75) is 6.54 Å². The number of halogens is 1. The van der Waals surface area contributed by atoms with Crippen LogP contribution in [-0.4, -0.2) is 27.3 Å². The minimum Gasteiger partial charge on any atom is -0.336 e. The Morgan fingerprint density at radius 2 is 1.92 bits per heavy atom. The number of carbonyl (C=O) groups is 1. The van der Waals surface area contributed by atoms with Gasteiger partial charge in [-0.2, -0.15) is 5.10 Å². The lowest BCUT2D eigenvalue weighted by atomic mass is 10.2. The summed E-state index contributed by atoms with van der Waals surface area (Å²) in [7, 11) is 0. The molecule has 24 heavy (non-hydrogen) atoms. The molecule has 0 aliphatic heterocycles. The third kappa shape index (κ3) is 3.95. The molecule has 0 spiro atoms. The van der Waals surface area contributed by atoms with E-state index in [9.17, 15) is 9.18 Å². The number of nitrogens with zero attached hydrogens (tertiary/aromatic N) is 3. The maximum absolute atomic E-state index is 13.4. The van der Waals surface area contributed by atoms with Crippen LogP contribution < -0.4 is 10.6 Å². The molecule has 0 aliphatic carbocycles. The molecular weight excluding hydrogens is 309 g/mol. The Bertz CT molecular complexity index is 819. The van der Waals surface area contributed by atoms with Crippen LogP contribution in [0, 0.1) is 5.82 Å². The lowest BCUT2D eigenvalue weighted by molar-refractivity contribution is 0.251. The number of anilines is 1. The molecule has 0 aliphatic rings. The van der Waals surface area contributed by atoms with E-state index in [0.29, 0.717) is 13.1 Å². The molecule has 6 nitrogen and oxygen atoms in total. The first-order chi connectivity index (χ1) is 11.7. The summed E-state index contributed by atoms with van der Waals surface area (Å²) in [6.45, 7) is 0.882. The van der Waals surface area contributed by atoms with E-state index in [1.807, 2.05) is 24.4 Å². The van der Waals surface area contributed by atoms with Gasteiger partial charge in [0.25, 0.3) is 0 Å². The van der Waals surface area contributed by atoms with Gasteiger partial charge < -0.3 is 10.6 Å². The van der Waals surface area contributed by atoms with Crippen LogP contribution in [0.25, 0.3) is 11.3 Å². The Hall–Kier alpha value is -3.22. The van der Waals surface area contributed by atoms with Crippen molar-refractivity contribution in [3.8, 4) is 11.3 Å². The fraction of sp³-hybridized carbons (Fsp3) is 0.118. The Balaban J connectivity index is 1.49. The standard InChI is InChI=1S/C17H16FN5O/c18-14-3-1-2-4-16(14)21-17(24)20-10-12-23-11-7-15(22-23)13-5-8-19-9-6-13/h1-9,11H,10,12H2,(H2,20,21,24). The van der Waals surface area contributed by atoms with E-state index < -0.39 is 11.8 Å². The van der Waals surface area contributed by atoms with E-state index in [0.717, 1.165) is 11.3 Å². The van der Waals surface area contributed by atoms with Crippen molar-refractivity contribution in [1.29, 1.82) is 0 Å². The number of amides is 2. The van der Waals surface area contributed by atoms with Gasteiger partial charge >= 0.3 is 6.03 Å². The fourth-order valence-corrected chi connectivity index (χ4v) is 2.18. The molecule has 122 valence electrons. The first-order valence-corrected chi connectivity index (χ1v) is 7.45. The molecule has 2 amide bonds. The molecule has 0 unspecified atom stereocenters. The monoisotopic (exact) mass is 325 g/mol. The summed E-state index contributed by atoms with van der Waals surface area (Å²) in [6.07, 6.45) is 5.26. The topological polar surface area (TPSA) is 71.8 Å². The van der Waals surface area contributed by atoms with Crippen molar-refractivity contribution in [2.75, 3.05) is 11.9 Å². The summed E-state index contributed by atoms with van der Waals surface area (Å²) in [5.41, 5.74) is 1.97. The predicted octanol–water partition coefficient (Wildman–Crippen LogP) is 2.91. The van der Waals surface area contributed by atoms with E-state index in [4.69, 9.17) is 0 Å². The molecule has 2 aromatic heterocycles. The molecule has 0 bridgehead atoms. The van der Waals surface area contributed by atoms with E-state index in [1.54, 1.807) is 29.2 Å². The SMILES string of the molecule is O=C(NCCn1ccc(-c2ccncc2)n1)Nc1ccccc1F. The second kappa shape index (κ2) is 7.36. The third-order valence-corrected chi connectivity index (χ3v) is 3.37. The molecule has 0 saturated heterocycles. The van der Waals surface area contributed by atoms with Gasteiger partial charge in [0.2, 0.25) is 0 Å². The van der Waals surface area contributed by atoms with Crippen molar-refractivity contribution in [3.05, 3.63) is 66.9 Å². The lowest BCUT2D eigenvalue weighted by Crippen LogP contribution is -2.31. The van der Waals surface area contributed by atoms with Gasteiger partial charge in [-0.3, -0.25) is 9.67 Å². The number of rotatable bonds is 5. The molecule has 1 aromatic carbocycles. The first kappa shape index (κ1) is 15.7. The highest BCUT2D eigenvalue weighted by molar-refractivity contribution is 5.89. The van der Waals surface area contributed by atoms with Crippen LogP contribution in [0.5, 0.6) is 0 Å². The zero-order valence-electron chi connectivity index (χ0n) is 12.8. The Labute approximate surface area is 138 Å². The van der Waals surface area contributed by atoms with Crippen LogP contribution in [0.2, 0.25) is 0 Å². The maximum Gasteiger partial charge on any atom is 0.319 e. The number of aromatic nitrogens is 3. The molecule has 0 fully saturated rings. The predicted molar refractivity (Wildman–Crippen MR) is 88.9 cm³/mol. The second-order valence-corrected chi connectivity index (χ2v) is 5.06. The third-order valence-electron chi connectivity index (χ3n) is 3.37. The summed E-state index contributed by atoms with van der Waals surface area (Å²) in [4.78, 5) is 15.7. The highest BCUT2D eigenvalue weighted by atomic mass is 19.1. The van der Waals surface area contributed by atoms with E-state index in [1.165, 1.54) is 12.1 Å². The number of benzene rings is 1. The van der Waals surface area contributed by atoms with E-state index >= 15 is 0 Å². The van der Waals surface area contributed by atoms with Crippen LogP contribution in [0.15, 0.2) is 61.1 Å². The number of carbonyl (C=O) groups excluding carboxylic acids is 1. The van der Waals surface area contributed by atoms with Gasteiger partial charge in [-0.1, -0.05) is 12.1 Å².